The van der Waals surface area contributed by atoms with Crippen molar-refractivity contribution in [1.29, 1.82) is 0 Å². The average molecular weight is 390 g/mol. The van der Waals surface area contributed by atoms with Crippen molar-refractivity contribution < 1.29 is 21.6 Å². The summed E-state index contributed by atoms with van der Waals surface area (Å²) in [6.07, 6.45) is 0. The number of nitrogens with one attached hydrogen (secondary N) is 2. The number of urea groups is 1. The van der Waals surface area contributed by atoms with Gasteiger partial charge in [0.15, 0.2) is 0 Å². The molecule has 2 aromatic rings. The maximum atomic E-state index is 12.7. The Hall–Kier alpha value is -2.14. The Kier molecular flexibility index (Phi) is 5.44. The molecule has 0 aliphatic heterocycles. The first kappa shape index (κ1) is 18.2. The van der Waals surface area contributed by atoms with Crippen molar-refractivity contribution in [2.45, 2.75) is 9.79 Å². The number of benzene rings is 2. The van der Waals surface area contributed by atoms with Crippen LogP contribution >= 0.6 is 11.8 Å². The number of hydrogen-bond acceptors (Lipinski definition) is 5. The summed E-state index contributed by atoms with van der Waals surface area (Å²) in [7, 11) is -9.19. The number of halogens is 1. The highest BCUT2D eigenvalue weighted by Crippen LogP contribution is 2.22. The van der Waals surface area contributed by atoms with Crippen LogP contribution in [0.25, 0.3) is 0 Å². The maximum Gasteiger partial charge on any atom is 0.345 e. The van der Waals surface area contributed by atoms with Crippen LogP contribution in [0.5, 0.6) is 0 Å². The smallest absolute Gasteiger partial charge is 0.249 e. The van der Waals surface area contributed by atoms with Crippen LogP contribution in [0.2, 0.25) is 0 Å². The van der Waals surface area contributed by atoms with Gasteiger partial charge in [-0.15, -0.1) is 0 Å². The van der Waals surface area contributed by atoms with Gasteiger partial charge in [0.05, 0.1) is 9.79 Å². The highest BCUT2D eigenvalue weighted by Gasteiger charge is 2.38. The standard InChI is InChI=1S/C13H12ClN3O5S2/c14-15-13(18)16-17(23(19,20)11-7-3-1-4-8-11)24(21,22)12-9-5-2-6-10-12/h1-10H,(H2,15,16,18). The molecule has 2 N–H and O–H groups in total. The van der Waals surface area contributed by atoms with E-state index in [1.807, 2.05) is 0 Å². The summed E-state index contributed by atoms with van der Waals surface area (Å²) < 4.78 is 50.5. The van der Waals surface area contributed by atoms with Crippen LogP contribution in [-0.2, 0) is 20.0 Å². The molecule has 2 amide bonds. The van der Waals surface area contributed by atoms with E-state index in [0.29, 0.717) is 0 Å². The van der Waals surface area contributed by atoms with Crippen LogP contribution in [0, 0.1) is 0 Å². The molecule has 0 atom stereocenters. The fourth-order valence-electron chi connectivity index (χ4n) is 1.73. The molecule has 0 radical (unpaired) electrons. The van der Waals surface area contributed by atoms with Gasteiger partial charge in [-0.3, -0.25) is 0 Å². The van der Waals surface area contributed by atoms with Crippen LogP contribution in [0.1, 0.15) is 0 Å². The molecule has 0 saturated heterocycles. The van der Waals surface area contributed by atoms with E-state index in [0.717, 1.165) is 0 Å². The minimum absolute atomic E-state index is 0.123. The largest absolute Gasteiger partial charge is 0.345 e. The molecule has 24 heavy (non-hydrogen) atoms. The van der Waals surface area contributed by atoms with Gasteiger partial charge in [0, 0.05) is 15.6 Å². The Morgan fingerprint density at radius 1 is 0.792 bits per heavy atom. The molecule has 0 aliphatic rings. The van der Waals surface area contributed by atoms with Crippen molar-refractivity contribution in [1.82, 2.24) is 14.1 Å². The van der Waals surface area contributed by atoms with Crippen molar-refractivity contribution in [3.63, 3.8) is 0 Å². The quantitative estimate of drug-likeness (QED) is 0.593. The van der Waals surface area contributed by atoms with E-state index in [-0.39, 0.29) is 13.6 Å². The predicted octanol–water partition coefficient (Wildman–Crippen LogP) is 1.43. The van der Waals surface area contributed by atoms with E-state index in [1.165, 1.54) is 48.5 Å². The molecule has 0 bridgehead atoms. The molecule has 0 heterocycles. The van der Waals surface area contributed by atoms with Crippen LogP contribution in [0.4, 0.5) is 4.79 Å². The number of hydrazine groups is 1. The summed E-state index contributed by atoms with van der Waals surface area (Å²) in [6.45, 7) is 0. The van der Waals surface area contributed by atoms with Gasteiger partial charge >= 0.3 is 6.03 Å². The molecule has 11 heteroatoms. The molecule has 0 aromatic heterocycles. The molecule has 0 unspecified atom stereocenters. The van der Waals surface area contributed by atoms with Gasteiger partial charge < -0.3 is 0 Å². The second-order valence-corrected chi connectivity index (χ2v) is 8.36. The third-order valence-corrected chi connectivity index (χ3v) is 6.94. The van der Waals surface area contributed by atoms with Gasteiger partial charge in [-0.25, -0.2) is 31.9 Å². The number of amides is 2. The Bertz CT molecular complexity index is 849. The fourth-order valence-corrected chi connectivity index (χ4v) is 5.11. The molecule has 8 nitrogen and oxygen atoms in total. The van der Waals surface area contributed by atoms with Crippen molar-refractivity contribution in [3.8, 4) is 0 Å². The van der Waals surface area contributed by atoms with Crippen molar-refractivity contribution >= 4 is 37.9 Å². The van der Waals surface area contributed by atoms with E-state index in [1.54, 1.807) is 22.4 Å². The monoisotopic (exact) mass is 389 g/mol. The van der Waals surface area contributed by atoms with E-state index in [9.17, 15) is 21.6 Å². The third-order valence-electron chi connectivity index (χ3n) is 2.80. The number of carbonyl (C=O) groups is 1. The highest BCUT2D eigenvalue weighted by molar-refractivity contribution is 8.04. The Morgan fingerprint density at radius 3 is 1.50 bits per heavy atom. The van der Waals surface area contributed by atoms with E-state index >= 15 is 0 Å². The Balaban J connectivity index is 2.60. The van der Waals surface area contributed by atoms with Crippen molar-refractivity contribution in [2.75, 3.05) is 0 Å². The summed E-state index contributed by atoms with van der Waals surface area (Å²) in [5.41, 5.74) is 1.72. The SMILES string of the molecule is O=C(NCl)NN(S(=O)(=O)c1ccccc1)S(=O)(=O)c1ccccc1. The molecule has 0 aliphatic carbocycles. The molecular formula is C13H12ClN3O5S2. The first-order chi connectivity index (χ1) is 11.3. The second-order valence-electron chi connectivity index (χ2n) is 4.37. The van der Waals surface area contributed by atoms with E-state index < -0.39 is 26.1 Å². The van der Waals surface area contributed by atoms with Gasteiger partial charge in [0.25, 0.3) is 20.0 Å². The number of carbonyl (C=O) groups excluding carboxylic acids is 1. The number of nitrogens with zero attached hydrogens (tertiary/aromatic N) is 1. The van der Waals surface area contributed by atoms with Crippen molar-refractivity contribution in [2.24, 2.45) is 0 Å². The summed E-state index contributed by atoms with van der Waals surface area (Å²) >= 11 is 5.11. The first-order valence-corrected chi connectivity index (χ1v) is 9.64. The van der Waals surface area contributed by atoms with E-state index in [2.05, 4.69) is 0 Å². The van der Waals surface area contributed by atoms with Gasteiger partial charge in [0.1, 0.15) is 0 Å². The van der Waals surface area contributed by atoms with Gasteiger partial charge in [-0.2, -0.15) is 0 Å². The lowest BCUT2D eigenvalue weighted by molar-refractivity contribution is 0.237. The Labute approximate surface area is 144 Å². The minimum atomic E-state index is -4.60. The topological polar surface area (TPSA) is 113 Å². The predicted molar refractivity (Wildman–Crippen MR) is 86.6 cm³/mol. The Morgan fingerprint density at radius 2 is 1.17 bits per heavy atom. The third kappa shape index (κ3) is 3.67. The molecule has 0 fully saturated rings. The fraction of sp³-hybridized carbons (Fsp3) is 0. The summed E-state index contributed by atoms with van der Waals surface area (Å²) in [5.74, 6) is 0. The number of sulfonamides is 2. The molecule has 0 saturated carbocycles. The zero-order valence-electron chi connectivity index (χ0n) is 12.0. The zero-order chi connectivity index (χ0) is 17.8. The lowest BCUT2D eigenvalue weighted by Gasteiger charge is -2.21. The molecular weight excluding hydrogens is 378 g/mol. The summed E-state index contributed by atoms with van der Waals surface area (Å²) in [5, 5.41) is 0. The highest BCUT2D eigenvalue weighted by atomic mass is 35.5. The number of hydrogen-bond donors (Lipinski definition) is 2. The molecule has 2 rings (SSSR count). The van der Waals surface area contributed by atoms with Gasteiger partial charge in [-0.05, 0) is 24.3 Å². The van der Waals surface area contributed by atoms with Crippen LogP contribution < -0.4 is 10.3 Å². The molecule has 0 spiro atoms. The maximum absolute atomic E-state index is 12.7. The summed E-state index contributed by atoms with van der Waals surface area (Å²) in [6, 6.07) is 12.4. The molecule has 2 aromatic carbocycles. The van der Waals surface area contributed by atoms with Crippen molar-refractivity contribution in [3.05, 3.63) is 60.7 Å². The van der Waals surface area contributed by atoms with Crippen LogP contribution in [-0.4, -0.2) is 26.7 Å². The first-order valence-electron chi connectivity index (χ1n) is 6.38. The van der Waals surface area contributed by atoms with Gasteiger partial charge in [0.2, 0.25) is 0 Å². The average Bonchev–Trinajstić information content (AvgIpc) is 2.60. The van der Waals surface area contributed by atoms with Crippen LogP contribution in [0.3, 0.4) is 0 Å². The summed E-state index contributed by atoms with van der Waals surface area (Å²) in [4.78, 5) is 12.4. The zero-order valence-corrected chi connectivity index (χ0v) is 14.3. The normalized spacial score (nSPS) is 11.9. The number of rotatable bonds is 5. The second kappa shape index (κ2) is 7.18. The van der Waals surface area contributed by atoms with Gasteiger partial charge in [-0.1, -0.05) is 36.4 Å². The minimum Gasteiger partial charge on any atom is -0.249 e. The lowest BCUT2D eigenvalue weighted by Crippen LogP contribution is -2.51. The molecule has 128 valence electrons. The van der Waals surface area contributed by atoms with Crippen LogP contribution in [0.15, 0.2) is 70.5 Å². The lowest BCUT2D eigenvalue weighted by atomic mass is 10.4. The van der Waals surface area contributed by atoms with E-state index in [4.69, 9.17) is 11.8 Å².